The van der Waals surface area contributed by atoms with E-state index in [0.29, 0.717) is 20.6 Å². The van der Waals surface area contributed by atoms with E-state index < -0.39 is 16.4 Å². The standard InChI is InChI=1S/C18H13N3O5S/c1-2-26-14-8-10(7-13(16(14)22)21(24)25)9-15-17(23)20-12-6-4-3-5-11(12)19-18(20)27-15/h3-9,22H,2H2,1H3/b15-9+. The molecule has 0 aliphatic carbocycles. The lowest BCUT2D eigenvalue weighted by Gasteiger charge is -2.07. The van der Waals surface area contributed by atoms with Gasteiger partial charge in [0.25, 0.3) is 5.56 Å². The number of ether oxygens (including phenoxy) is 1. The van der Waals surface area contributed by atoms with Crippen molar-refractivity contribution in [3.8, 4) is 11.5 Å². The molecule has 0 fully saturated rings. The lowest BCUT2D eigenvalue weighted by atomic mass is 10.1. The largest absolute Gasteiger partial charge is 0.500 e. The van der Waals surface area contributed by atoms with E-state index in [1.165, 1.54) is 33.9 Å². The lowest BCUT2D eigenvalue weighted by Crippen LogP contribution is -2.22. The molecule has 0 saturated carbocycles. The van der Waals surface area contributed by atoms with Crippen LogP contribution in [0.3, 0.4) is 0 Å². The maximum absolute atomic E-state index is 12.8. The van der Waals surface area contributed by atoms with Crippen molar-refractivity contribution in [3.63, 3.8) is 0 Å². The van der Waals surface area contributed by atoms with Gasteiger partial charge in [0.15, 0.2) is 10.7 Å². The van der Waals surface area contributed by atoms with Gasteiger partial charge in [0.2, 0.25) is 5.75 Å². The monoisotopic (exact) mass is 383 g/mol. The smallest absolute Gasteiger partial charge is 0.315 e. The van der Waals surface area contributed by atoms with Crippen LogP contribution >= 0.6 is 11.3 Å². The van der Waals surface area contributed by atoms with E-state index in [9.17, 15) is 20.0 Å². The Morgan fingerprint density at radius 3 is 2.89 bits per heavy atom. The number of benzene rings is 2. The highest BCUT2D eigenvalue weighted by atomic mass is 32.1. The van der Waals surface area contributed by atoms with E-state index in [4.69, 9.17) is 4.74 Å². The van der Waals surface area contributed by atoms with Gasteiger partial charge in [0.1, 0.15) is 0 Å². The third kappa shape index (κ3) is 2.77. The highest BCUT2D eigenvalue weighted by Gasteiger charge is 2.20. The molecule has 0 aliphatic rings. The van der Waals surface area contributed by atoms with Crippen LogP contribution < -0.4 is 14.8 Å². The molecule has 136 valence electrons. The number of hydrogen-bond donors (Lipinski definition) is 1. The van der Waals surface area contributed by atoms with Crippen molar-refractivity contribution in [2.45, 2.75) is 6.92 Å². The molecule has 0 unspecified atom stereocenters. The molecule has 0 bridgehead atoms. The van der Waals surface area contributed by atoms with Crippen molar-refractivity contribution in [1.82, 2.24) is 9.38 Å². The Labute approximate surface area is 155 Å². The minimum absolute atomic E-state index is 0.00261. The summed E-state index contributed by atoms with van der Waals surface area (Å²) < 4.78 is 7.17. The number of imidazole rings is 1. The Morgan fingerprint density at radius 2 is 2.15 bits per heavy atom. The molecule has 2 aromatic carbocycles. The topological polar surface area (TPSA) is 107 Å². The van der Waals surface area contributed by atoms with Gasteiger partial charge in [-0.05, 0) is 36.8 Å². The summed E-state index contributed by atoms with van der Waals surface area (Å²) in [5.41, 5.74) is 1.09. The Hall–Kier alpha value is -3.46. The van der Waals surface area contributed by atoms with Crippen molar-refractivity contribution in [2.75, 3.05) is 6.61 Å². The van der Waals surface area contributed by atoms with E-state index in [-0.39, 0.29) is 17.9 Å². The second-order valence-corrected chi connectivity index (χ2v) is 6.72. The minimum Gasteiger partial charge on any atom is -0.500 e. The molecule has 8 nitrogen and oxygen atoms in total. The molecular weight excluding hydrogens is 370 g/mol. The normalized spacial score (nSPS) is 12.1. The third-order valence-corrected chi connectivity index (χ3v) is 4.99. The van der Waals surface area contributed by atoms with Gasteiger partial charge in [-0.15, -0.1) is 0 Å². The summed E-state index contributed by atoms with van der Waals surface area (Å²) in [4.78, 5) is 28.3. The summed E-state index contributed by atoms with van der Waals surface area (Å²) in [6, 6.07) is 9.99. The molecule has 0 amide bonds. The van der Waals surface area contributed by atoms with Gasteiger partial charge < -0.3 is 9.84 Å². The fourth-order valence-electron chi connectivity index (χ4n) is 2.87. The first kappa shape index (κ1) is 17.0. The third-order valence-electron chi connectivity index (χ3n) is 4.02. The van der Waals surface area contributed by atoms with E-state index in [2.05, 4.69) is 4.98 Å². The number of thiazole rings is 1. The van der Waals surface area contributed by atoms with Crippen LogP contribution in [0.4, 0.5) is 5.69 Å². The molecule has 4 rings (SSSR count). The van der Waals surface area contributed by atoms with E-state index in [0.717, 1.165) is 5.52 Å². The van der Waals surface area contributed by atoms with E-state index in [1.807, 2.05) is 24.3 Å². The number of fused-ring (bicyclic) bond motifs is 3. The van der Waals surface area contributed by atoms with Crippen LogP contribution in [0.2, 0.25) is 0 Å². The van der Waals surface area contributed by atoms with Crippen LogP contribution in [0.1, 0.15) is 12.5 Å². The molecule has 1 N–H and O–H groups in total. The number of para-hydroxylation sites is 2. The van der Waals surface area contributed by atoms with Crippen molar-refractivity contribution >= 4 is 39.1 Å². The van der Waals surface area contributed by atoms with E-state index >= 15 is 0 Å². The summed E-state index contributed by atoms with van der Waals surface area (Å²) in [5, 5.41) is 21.2. The minimum atomic E-state index is -0.692. The molecule has 0 atom stereocenters. The van der Waals surface area contributed by atoms with Crippen molar-refractivity contribution in [3.05, 3.63) is 67.0 Å². The fourth-order valence-corrected chi connectivity index (χ4v) is 3.85. The number of phenolic OH excluding ortho intramolecular Hbond substituents is 1. The van der Waals surface area contributed by atoms with Crippen molar-refractivity contribution < 1.29 is 14.8 Å². The van der Waals surface area contributed by atoms with Gasteiger partial charge in [-0.25, -0.2) is 9.38 Å². The molecule has 0 spiro atoms. The number of aromatic nitrogens is 2. The zero-order valence-electron chi connectivity index (χ0n) is 14.1. The van der Waals surface area contributed by atoms with Crippen molar-refractivity contribution in [1.29, 1.82) is 0 Å². The maximum atomic E-state index is 12.8. The first-order chi connectivity index (χ1) is 13.0. The van der Waals surface area contributed by atoms with Crippen LogP contribution in [0, 0.1) is 10.1 Å². The number of phenols is 1. The van der Waals surface area contributed by atoms with Gasteiger partial charge in [-0.3, -0.25) is 14.9 Å². The predicted molar refractivity (Wildman–Crippen MR) is 102 cm³/mol. The first-order valence-corrected chi connectivity index (χ1v) is 8.87. The molecule has 0 saturated heterocycles. The summed E-state index contributed by atoms with van der Waals surface area (Å²) in [7, 11) is 0. The number of nitro groups is 1. The number of hydrogen-bond acceptors (Lipinski definition) is 7. The SMILES string of the molecule is CCOc1cc(/C=c2/sc3nc4ccccc4n3c2=O)cc([N+](=O)[O-])c1O. The van der Waals surface area contributed by atoms with Crippen LogP contribution in [0.25, 0.3) is 22.1 Å². The predicted octanol–water partition coefficient (Wildman–Crippen LogP) is 2.47. The summed E-state index contributed by atoms with van der Waals surface area (Å²) in [5.74, 6) is -0.537. The Kier molecular flexibility index (Phi) is 4.00. The zero-order chi connectivity index (χ0) is 19.1. The molecule has 0 radical (unpaired) electrons. The summed E-state index contributed by atoms with van der Waals surface area (Å²) >= 11 is 1.19. The fraction of sp³-hybridized carbons (Fsp3) is 0.111. The van der Waals surface area contributed by atoms with Gasteiger partial charge in [0.05, 0.1) is 27.1 Å². The Bertz CT molecular complexity index is 1310. The highest BCUT2D eigenvalue weighted by molar-refractivity contribution is 7.15. The second kappa shape index (κ2) is 6.36. The number of aromatic hydroxyl groups is 1. The molecule has 2 heterocycles. The lowest BCUT2D eigenvalue weighted by molar-refractivity contribution is -0.386. The number of nitrogens with zero attached hydrogens (tertiary/aromatic N) is 3. The first-order valence-electron chi connectivity index (χ1n) is 8.05. The molecule has 0 aliphatic heterocycles. The average Bonchev–Trinajstić information content (AvgIpc) is 3.14. The van der Waals surface area contributed by atoms with Crippen LogP contribution in [-0.4, -0.2) is 26.0 Å². The molecule has 27 heavy (non-hydrogen) atoms. The summed E-state index contributed by atoms with van der Waals surface area (Å²) in [6.07, 6.45) is 1.53. The Balaban J connectivity index is 1.94. The van der Waals surface area contributed by atoms with Gasteiger partial charge >= 0.3 is 5.69 Å². The number of rotatable bonds is 4. The second-order valence-electron chi connectivity index (χ2n) is 5.71. The quantitative estimate of drug-likeness (QED) is 0.429. The van der Waals surface area contributed by atoms with Crippen LogP contribution in [-0.2, 0) is 0 Å². The molecular formula is C18H13N3O5S. The highest BCUT2D eigenvalue weighted by Crippen LogP contribution is 2.37. The molecule has 4 aromatic rings. The number of nitro benzene ring substituents is 1. The zero-order valence-corrected chi connectivity index (χ0v) is 14.9. The van der Waals surface area contributed by atoms with Gasteiger partial charge in [-0.2, -0.15) is 0 Å². The van der Waals surface area contributed by atoms with E-state index in [1.54, 1.807) is 6.92 Å². The van der Waals surface area contributed by atoms with Crippen LogP contribution in [0.15, 0.2) is 41.2 Å². The van der Waals surface area contributed by atoms with Crippen molar-refractivity contribution in [2.24, 2.45) is 0 Å². The maximum Gasteiger partial charge on any atom is 0.315 e. The van der Waals surface area contributed by atoms with Crippen LogP contribution in [0.5, 0.6) is 11.5 Å². The molecule has 2 aromatic heterocycles. The van der Waals surface area contributed by atoms with Gasteiger partial charge in [0, 0.05) is 6.07 Å². The molecule has 9 heteroatoms. The van der Waals surface area contributed by atoms with Gasteiger partial charge in [-0.1, -0.05) is 23.5 Å². The summed E-state index contributed by atoms with van der Waals surface area (Å²) in [6.45, 7) is 1.94. The Morgan fingerprint density at radius 1 is 1.37 bits per heavy atom. The average molecular weight is 383 g/mol.